The third kappa shape index (κ3) is 13.7. The molecule has 0 spiro atoms. The Balaban J connectivity index is 2.76. The fraction of sp³-hybridized carbons (Fsp3) is 0.875. The van der Waals surface area contributed by atoms with Crippen LogP contribution >= 0.6 is 0 Å². The molecule has 8 nitrogen and oxygen atoms in total. The molecule has 1 unspecified atom stereocenters. The minimum atomic E-state index is -0.620. The van der Waals surface area contributed by atoms with Gasteiger partial charge in [-0.25, -0.2) is 5.06 Å². The van der Waals surface area contributed by atoms with Crippen molar-refractivity contribution in [3.8, 4) is 0 Å². The average molecular weight is 455 g/mol. The number of hydroxylamine groups is 2. The first-order valence-electron chi connectivity index (χ1n) is 12.8. The van der Waals surface area contributed by atoms with E-state index in [4.69, 9.17) is 5.73 Å². The summed E-state index contributed by atoms with van der Waals surface area (Å²) in [7, 11) is 0. The van der Waals surface area contributed by atoms with Gasteiger partial charge in [-0.3, -0.25) is 19.6 Å². The van der Waals surface area contributed by atoms with Gasteiger partial charge in [-0.1, -0.05) is 70.6 Å². The number of hydrogen-bond acceptors (Lipinski definition) is 5. The highest BCUT2D eigenvalue weighted by Gasteiger charge is 2.26. The lowest BCUT2D eigenvalue weighted by atomic mass is 9.97. The van der Waals surface area contributed by atoms with Crippen LogP contribution in [0.3, 0.4) is 0 Å². The molecule has 5 N–H and O–H groups in total. The van der Waals surface area contributed by atoms with Crippen LogP contribution in [0.4, 0.5) is 0 Å². The third-order valence-electron chi connectivity index (χ3n) is 6.26. The third-order valence-corrected chi connectivity index (χ3v) is 6.26. The molecule has 0 saturated carbocycles. The van der Waals surface area contributed by atoms with Crippen LogP contribution in [0.2, 0.25) is 0 Å². The minimum Gasteiger partial charge on any atom is -0.354 e. The molecule has 0 aromatic heterocycles. The molecular formula is C24H46N4O4. The van der Waals surface area contributed by atoms with E-state index in [2.05, 4.69) is 10.6 Å². The molecule has 0 aromatic carbocycles. The maximum absolute atomic E-state index is 13.0. The van der Waals surface area contributed by atoms with E-state index in [1.54, 1.807) is 0 Å². The van der Waals surface area contributed by atoms with Crippen LogP contribution in [0.25, 0.3) is 0 Å². The van der Waals surface area contributed by atoms with Crippen molar-refractivity contribution in [1.29, 1.82) is 0 Å². The lowest BCUT2D eigenvalue weighted by Crippen LogP contribution is -2.50. The van der Waals surface area contributed by atoms with Gasteiger partial charge < -0.3 is 16.4 Å². The fourth-order valence-corrected chi connectivity index (χ4v) is 4.24. The molecule has 0 aliphatic carbocycles. The first-order valence-corrected chi connectivity index (χ1v) is 12.8. The summed E-state index contributed by atoms with van der Waals surface area (Å²) in [6.45, 7) is 1.09. The molecule has 0 bridgehead atoms. The normalized spacial score (nSPS) is 23.6. The number of nitrogens with zero attached hydrogens (tertiary/aromatic N) is 1. The molecule has 2 atom stereocenters. The number of hydrogen-bond donors (Lipinski definition) is 4. The number of nitrogens with two attached hydrogens (primary N) is 1. The van der Waals surface area contributed by atoms with Crippen molar-refractivity contribution >= 4 is 18.2 Å². The van der Waals surface area contributed by atoms with Gasteiger partial charge in [-0.2, -0.15) is 0 Å². The van der Waals surface area contributed by atoms with Gasteiger partial charge in [-0.05, 0) is 38.6 Å². The molecule has 186 valence electrons. The van der Waals surface area contributed by atoms with Gasteiger partial charge in [0.1, 0.15) is 6.04 Å². The lowest BCUT2D eigenvalue weighted by molar-refractivity contribution is -0.155. The Morgan fingerprint density at radius 2 is 1.44 bits per heavy atom. The molecule has 1 fully saturated rings. The van der Waals surface area contributed by atoms with Gasteiger partial charge in [-0.15, -0.1) is 0 Å². The van der Waals surface area contributed by atoms with Crippen LogP contribution in [0.1, 0.15) is 103 Å². The first kappa shape index (κ1) is 28.4. The summed E-state index contributed by atoms with van der Waals surface area (Å²) in [5.74, 6) is -0.992. The summed E-state index contributed by atoms with van der Waals surface area (Å²) >= 11 is 0. The standard InChI is InChI=1S/C24H46N4O4/c25-17-13-12-16-22-24(31)26-18-14-10-8-6-4-2-1-3-5-7-9-11-15-21(23(30)27-22)19-28(32)20-29/h20-22,32H,1-19,25H2,(H,26,31)(H,27,30)/t21?,22-/m1/s1. The van der Waals surface area contributed by atoms with Gasteiger partial charge in [0, 0.05) is 6.54 Å². The molecule has 3 amide bonds. The smallest absolute Gasteiger partial charge is 0.242 e. The van der Waals surface area contributed by atoms with E-state index in [1.165, 1.54) is 44.9 Å². The van der Waals surface area contributed by atoms with Crippen LogP contribution < -0.4 is 16.4 Å². The predicted octanol–water partition coefficient (Wildman–Crippen LogP) is 3.27. The monoisotopic (exact) mass is 454 g/mol. The molecule has 1 heterocycles. The quantitative estimate of drug-likeness (QED) is 0.203. The topological polar surface area (TPSA) is 125 Å². The Bertz CT molecular complexity index is 518. The number of carbonyl (C=O) groups is 3. The highest BCUT2D eigenvalue weighted by atomic mass is 16.5. The van der Waals surface area contributed by atoms with Crippen molar-refractivity contribution in [3.05, 3.63) is 0 Å². The van der Waals surface area contributed by atoms with E-state index in [-0.39, 0.29) is 18.4 Å². The number of amides is 3. The molecule has 0 aromatic rings. The van der Waals surface area contributed by atoms with E-state index >= 15 is 0 Å². The molecule has 1 rings (SSSR count). The zero-order valence-corrected chi connectivity index (χ0v) is 19.9. The molecular weight excluding hydrogens is 408 g/mol. The molecule has 8 heteroatoms. The van der Waals surface area contributed by atoms with Crippen LogP contribution in [0.15, 0.2) is 0 Å². The molecule has 0 radical (unpaired) electrons. The van der Waals surface area contributed by atoms with Gasteiger partial charge >= 0.3 is 0 Å². The van der Waals surface area contributed by atoms with Gasteiger partial charge in [0.2, 0.25) is 18.2 Å². The average Bonchev–Trinajstić information content (AvgIpc) is 2.79. The highest BCUT2D eigenvalue weighted by Crippen LogP contribution is 2.16. The van der Waals surface area contributed by atoms with E-state index in [9.17, 15) is 19.6 Å². The summed E-state index contributed by atoms with van der Waals surface area (Å²) in [4.78, 5) is 36.6. The Morgan fingerprint density at radius 3 is 2.00 bits per heavy atom. The van der Waals surface area contributed by atoms with E-state index in [0.29, 0.717) is 37.4 Å². The van der Waals surface area contributed by atoms with Gasteiger partial charge in [0.05, 0.1) is 12.5 Å². The van der Waals surface area contributed by atoms with Crippen molar-refractivity contribution in [2.45, 2.75) is 109 Å². The zero-order chi connectivity index (χ0) is 23.4. The van der Waals surface area contributed by atoms with E-state index < -0.39 is 12.0 Å². The molecule has 1 aliphatic rings. The van der Waals surface area contributed by atoms with Crippen molar-refractivity contribution in [3.63, 3.8) is 0 Å². The SMILES string of the molecule is NCCCC[C@H]1NC(=O)C(CN(O)C=O)CCCCCCCCCCCCCCNC1=O. The van der Waals surface area contributed by atoms with Crippen molar-refractivity contribution < 1.29 is 19.6 Å². The fourth-order valence-electron chi connectivity index (χ4n) is 4.24. The minimum absolute atomic E-state index is 0.0630. The molecule has 32 heavy (non-hydrogen) atoms. The largest absolute Gasteiger partial charge is 0.354 e. The van der Waals surface area contributed by atoms with E-state index in [1.807, 2.05) is 0 Å². The number of rotatable bonds is 7. The summed E-state index contributed by atoms with van der Waals surface area (Å²) in [6.07, 6.45) is 16.8. The second-order valence-corrected chi connectivity index (χ2v) is 9.09. The highest BCUT2D eigenvalue weighted by molar-refractivity contribution is 5.88. The summed E-state index contributed by atoms with van der Waals surface area (Å²) in [5.41, 5.74) is 5.59. The molecule has 1 aliphatic heterocycles. The number of carbonyl (C=O) groups excluding carboxylic acids is 3. The number of unbranched alkanes of at least 4 members (excludes halogenated alkanes) is 1. The Kier molecular flexibility index (Phi) is 16.7. The predicted molar refractivity (Wildman–Crippen MR) is 126 cm³/mol. The van der Waals surface area contributed by atoms with Crippen molar-refractivity contribution in [1.82, 2.24) is 15.7 Å². The summed E-state index contributed by atoms with van der Waals surface area (Å²) < 4.78 is 0. The number of nitrogens with one attached hydrogen (secondary N) is 2. The lowest BCUT2D eigenvalue weighted by Gasteiger charge is -2.24. The second-order valence-electron chi connectivity index (χ2n) is 9.09. The zero-order valence-electron chi connectivity index (χ0n) is 19.9. The summed E-state index contributed by atoms with van der Waals surface area (Å²) in [6, 6.07) is -0.620. The maximum Gasteiger partial charge on any atom is 0.242 e. The first-order chi connectivity index (χ1) is 15.6. The Labute approximate surface area is 194 Å². The second kappa shape index (κ2) is 18.9. The molecule has 1 saturated heterocycles. The maximum atomic E-state index is 13.0. The van der Waals surface area contributed by atoms with Crippen molar-refractivity contribution in [2.75, 3.05) is 19.6 Å². The van der Waals surface area contributed by atoms with Gasteiger partial charge in [0.25, 0.3) is 0 Å². The van der Waals surface area contributed by atoms with Crippen LogP contribution in [-0.2, 0) is 14.4 Å². The van der Waals surface area contributed by atoms with Crippen molar-refractivity contribution in [2.24, 2.45) is 11.7 Å². The Morgan fingerprint density at radius 1 is 0.875 bits per heavy atom. The van der Waals surface area contributed by atoms with Crippen LogP contribution in [0.5, 0.6) is 0 Å². The Hall–Kier alpha value is -1.67. The van der Waals surface area contributed by atoms with Crippen LogP contribution in [0, 0.1) is 5.92 Å². The summed E-state index contributed by atoms with van der Waals surface area (Å²) in [5, 5.41) is 16.0. The van der Waals surface area contributed by atoms with Crippen LogP contribution in [-0.4, -0.2) is 54.2 Å². The van der Waals surface area contributed by atoms with Gasteiger partial charge in [0.15, 0.2) is 0 Å². The van der Waals surface area contributed by atoms with E-state index in [0.717, 1.165) is 44.9 Å².